The van der Waals surface area contributed by atoms with Crippen molar-refractivity contribution >= 4 is 11.7 Å². The maximum absolute atomic E-state index is 15.7. The Balaban J connectivity index is 2.00. The number of amides is 1. The fourth-order valence-corrected chi connectivity index (χ4v) is 3.55. The van der Waals surface area contributed by atoms with Gasteiger partial charge in [-0.1, -0.05) is 23.8 Å². The first kappa shape index (κ1) is 16.1. The lowest BCUT2D eigenvalue weighted by molar-refractivity contribution is -0.158. The van der Waals surface area contributed by atoms with E-state index in [9.17, 15) is 9.59 Å². The summed E-state index contributed by atoms with van der Waals surface area (Å²) in [5, 5.41) is 4.36. The fraction of sp³-hybridized carbons (Fsp3) is 0.529. The summed E-state index contributed by atoms with van der Waals surface area (Å²) < 4.78 is 15.7. The van der Waals surface area contributed by atoms with Crippen LogP contribution in [-0.2, 0) is 20.1 Å². The van der Waals surface area contributed by atoms with Crippen LogP contribution in [0.2, 0.25) is 0 Å². The number of carbonyl (C=O) groups excluding carboxylic acids is 2. The molecule has 1 N–H and O–H groups in total. The van der Waals surface area contributed by atoms with Crippen molar-refractivity contribution in [2.45, 2.75) is 37.9 Å². The standard InChI is InChI=1S/C17H21FN2O3/c1-11-4-5-12(2)13(10-11)17(18)14(21)16(19-15(17)22)6-8-20(23-3)9-7-16/h4-5,10H,6-9H2,1-3H3,(H,19,22). The molecule has 1 atom stereocenters. The van der Waals surface area contributed by atoms with Crippen LogP contribution in [0.3, 0.4) is 0 Å². The number of rotatable bonds is 2. The maximum atomic E-state index is 15.7. The smallest absolute Gasteiger partial charge is 0.273 e. The Morgan fingerprint density at radius 3 is 2.48 bits per heavy atom. The Hall–Kier alpha value is -1.79. The number of hydroxylamine groups is 2. The van der Waals surface area contributed by atoms with E-state index in [1.54, 1.807) is 31.2 Å². The van der Waals surface area contributed by atoms with Crippen LogP contribution in [0.1, 0.15) is 29.5 Å². The first-order valence-electron chi connectivity index (χ1n) is 7.77. The predicted molar refractivity (Wildman–Crippen MR) is 82.4 cm³/mol. The van der Waals surface area contributed by atoms with E-state index >= 15 is 4.39 Å². The summed E-state index contributed by atoms with van der Waals surface area (Å²) >= 11 is 0. The maximum Gasteiger partial charge on any atom is 0.273 e. The zero-order valence-electron chi connectivity index (χ0n) is 13.6. The number of hydrogen-bond donors (Lipinski definition) is 1. The van der Waals surface area contributed by atoms with E-state index in [0.29, 0.717) is 31.5 Å². The molecule has 2 saturated heterocycles. The topological polar surface area (TPSA) is 58.6 Å². The minimum atomic E-state index is -2.61. The first-order valence-corrected chi connectivity index (χ1v) is 7.77. The molecule has 2 heterocycles. The Labute approximate surface area is 134 Å². The average molecular weight is 320 g/mol. The molecule has 1 unspecified atom stereocenters. The SMILES string of the molecule is CON1CCC2(CC1)NC(=O)C(F)(c1cc(C)ccc1C)C2=O. The number of nitrogens with zero attached hydrogens (tertiary/aromatic N) is 1. The summed E-state index contributed by atoms with van der Waals surface area (Å²) in [5.74, 6) is -1.51. The molecule has 2 aliphatic heterocycles. The van der Waals surface area contributed by atoms with Crippen LogP contribution >= 0.6 is 0 Å². The van der Waals surface area contributed by atoms with Gasteiger partial charge >= 0.3 is 0 Å². The quantitative estimate of drug-likeness (QED) is 0.840. The number of halogens is 1. The average Bonchev–Trinajstić information content (AvgIpc) is 2.73. The second-order valence-electron chi connectivity index (χ2n) is 6.45. The number of piperidine rings is 1. The number of ketones is 1. The number of Topliss-reactive ketones (excluding diaryl/α,β-unsaturated/α-hetero) is 1. The molecule has 23 heavy (non-hydrogen) atoms. The van der Waals surface area contributed by atoms with Gasteiger partial charge in [-0.15, -0.1) is 0 Å². The van der Waals surface area contributed by atoms with Crippen molar-refractivity contribution in [3.63, 3.8) is 0 Å². The number of carbonyl (C=O) groups is 2. The number of aryl methyl sites for hydroxylation is 2. The third-order valence-corrected chi connectivity index (χ3v) is 5.01. The lowest BCUT2D eigenvalue weighted by atomic mass is 9.78. The normalized spacial score (nSPS) is 27.5. The number of benzene rings is 1. The Bertz CT molecular complexity index is 668. The van der Waals surface area contributed by atoms with Crippen molar-refractivity contribution < 1.29 is 18.8 Å². The van der Waals surface area contributed by atoms with Gasteiger partial charge in [0.05, 0.1) is 7.11 Å². The van der Waals surface area contributed by atoms with E-state index in [1.807, 2.05) is 13.0 Å². The van der Waals surface area contributed by atoms with Gasteiger partial charge in [0.25, 0.3) is 11.6 Å². The van der Waals surface area contributed by atoms with Crippen molar-refractivity contribution in [1.29, 1.82) is 0 Å². The highest BCUT2D eigenvalue weighted by molar-refractivity contribution is 6.20. The van der Waals surface area contributed by atoms with Crippen LogP contribution in [0.25, 0.3) is 0 Å². The molecule has 0 radical (unpaired) electrons. The molecular weight excluding hydrogens is 299 g/mol. The highest BCUT2D eigenvalue weighted by Gasteiger charge is 2.65. The molecule has 1 aromatic rings. The number of alkyl halides is 1. The Kier molecular flexibility index (Phi) is 3.77. The molecule has 2 fully saturated rings. The summed E-state index contributed by atoms with van der Waals surface area (Å²) in [5.41, 5.74) is -2.15. The van der Waals surface area contributed by atoms with E-state index in [-0.39, 0.29) is 5.56 Å². The second-order valence-corrected chi connectivity index (χ2v) is 6.45. The van der Waals surface area contributed by atoms with E-state index in [4.69, 9.17) is 4.84 Å². The lowest BCUT2D eigenvalue weighted by Crippen LogP contribution is -2.54. The van der Waals surface area contributed by atoms with Crippen LogP contribution in [-0.4, -0.2) is 42.5 Å². The van der Waals surface area contributed by atoms with Crippen molar-refractivity contribution in [1.82, 2.24) is 10.4 Å². The van der Waals surface area contributed by atoms with Crippen molar-refractivity contribution in [2.75, 3.05) is 20.2 Å². The number of hydrogen-bond acceptors (Lipinski definition) is 4. The first-order chi connectivity index (χ1) is 10.8. The van der Waals surface area contributed by atoms with Gasteiger partial charge < -0.3 is 10.2 Å². The van der Waals surface area contributed by atoms with Gasteiger partial charge in [-0.2, -0.15) is 5.06 Å². The van der Waals surface area contributed by atoms with Gasteiger partial charge in [0.15, 0.2) is 0 Å². The van der Waals surface area contributed by atoms with Gasteiger partial charge in [-0.3, -0.25) is 9.59 Å². The molecule has 1 amide bonds. The van der Waals surface area contributed by atoms with Crippen molar-refractivity contribution in [2.24, 2.45) is 0 Å². The van der Waals surface area contributed by atoms with E-state index < -0.39 is 22.9 Å². The Morgan fingerprint density at radius 1 is 1.22 bits per heavy atom. The van der Waals surface area contributed by atoms with E-state index in [0.717, 1.165) is 5.56 Å². The van der Waals surface area contributed by atoms with Gasteiger partial charge in [0.1, 0.15) is 5.54 Å². The fourth-order valence-electron chi connectivity index (χ4n) is 3.55. The molecule has 124 valence electrons. The monoisotopic (exact) mass is 320 g/mol. The minimum Gasteiger partial charge on any atom is -0.340 e. The molecule has 5 nitrogen and oxygen atoms in total. The van der Waals surface area contributed by atoms with Gasteiger partial charge in [-0.05, 0) is 32.3 Å². The second kappa shape index (κ2) is 5.39. The molecule has 0 saturated carbocycles. The van der Waals surface area contributed by atoms with Gasteiger partial charge in [0, 0.05) is 18.7 Å². The summed E-state index contributed by atoms with van der Waals surface area (Å²) in [6, 6.07) is 5.17. The molecular formula is C17H21FN2O3. The molecule has 3 rings (SSSR count). The zero-order chi connectivity index (χ0) is 16.8. The highest BCUT2D eigenvalue weighted by Crippen LogP contribution is 2.43. The molecule has 6 heteroatoms. The third kappa shape index (κ3) is 2.28. The van der Waals surface area contributed by atoms with Crippen LogP contribution in [0.4, 0.5) is 4.39 Å². The van der Waals surface area contributed by atoms with Crippen LogP contribution in [0, 0.1) is 13.8 Å². The van der Waals surface area contributed by atoms with Gasteiger partial charge in [0.2, 0.25) is 5.78 Å². The summed E-state index contributed by atoms with van der Waals surface area (Å²) in [4.78, 5) is 30.5. The lowest BCUT2D eigenvalue weighted by Gasteiger charge is -2.36. The molecule has 0 aliphatic carbocycles. The summed E-state index contributed by atoms with van der Waals surface area (Å²) in [7, 11) is 1.56. The van der Waals surface area contributed by atoms with Crippen molar-refractivity contribution in [3.8, 4) is 0 Å². The molecule has 1 aromatic carbocycles. The largest absolute Gasteiger partial charge is 0.340 e. The molecule has 0 aromatic heterocycles. The van der Waals surface area contributed by atoms with Crippen molar-refractivity contribution in [3.05, 3.63) is 34.9 Å². The van der Waals surface area contributed by atoms with Gasteiger partial charge in [-0.25, -0.2) is 4.39 Å². The minimum absolute atomic E-state index is 0.158. The number of nitrogens with one attached hydrogen (secondary N) is 1. The summed E-state index contributed by atoms with van der Waals surface area (Å²) in [6.07, 6.45) is 0.698. The summed E-state index contributed by atoms with van der Waals surface area (Å²) in [6.45, 7) is 4.49. The molecule has 0 bridgehead atoms. The van der Waals surface area contributed by atoms with Crippen LogP contribution in [0.15, 0.2) is 18.2 Å². The zero-order valence-corrected chi connectivity index (χ0v) is 13.6. The molecule has 2 aliphatic rings. The molecule has 1 spiro atoms. The van der Waals surface area contributed by atoms with Crippen LogP contribution < -0.4 is 5.32 Å². The van der Waals surface area contributed by atoms with Crippen LogP contribution in [0.5, 0.6) is 0 Å². The highest BCUT2D eigenvalue weighted by atomic mass is 19.1. The third-order valence-electron chi connectivity index (χ3n) is 5.01. The predicted octanol–water partition coefficient (Wildman–Crippen LogP) is 1.56. The Morgan fingerprint density at radius 2 is 1.87 bits per heavy atom. The van der Waals surface area contributed by atoms with E-state index in [2.05, 4.69) is 5.32 Å². The van der Waals surface area contributed by atoms with E-state index in [1.165, 1.54) is 0 Å².